The highest BCUT2D eigenvalue weighted by molar-refractivity contribution is 5.67. The number of anilines is 2. The molecule has 0 atom stereocenters. The molecule has 0 aliphatic carbocycles. The molecule has 4 nitrogen and oxygen atoms in total. The topological polar surface area (TPSA) is 66.6 Å². The first-order chi connectivity index (χ1) is 8.04. The van der Waals surface area contributed by atoms with Gasteiger partial charge in [-0.05, 0) is 38.1 Å². The number of nitrogens with two attached hydrogens (primary N) is 1. The first-order valence-electron chi connectivity index (χ1n) is 5.43. The van der Waals surface area contributed by atoms with E-state index in [9.17, 15) is 4.39 Å². The predicted molar refractivity (Wildman–Crippen MR) is 68.0 cm³/mol. The first kappa shape index (κ1) is 15.2. The molecular weight excluding hydrogens is 223 g/mol. The summed E-state index contributed by atoms with van der Waals surface area (Å²) in [6.45, 7) is 5.11. The Balaban J connectivity index is 0.000000437. The molecule has 5 heteroatoms. The average Bonchev–Trinajstić information content (AvgIpc) is 2.34. The number of hydrogen-bond acceptors (Lipinski definition) is 3. The molecule has 3 N–H and O–H groups in total. The molecule has 0 saturated heterocycles. The number of benzene rings is 1. The van der Waals surface area contributed by atoms with Crippen LogP contribution in [0.5, 0.6) is 0 Å². The number of carboxylic acid groups (broad SMARTS) is 1. The third-order valence-corrected chi connectivity index (χ3v) is 2.14. The minimum atomic E-state index is -1.41. The molecule has 96 valence electrons. The Labute approximate surface area is 101 Å². The minimum absolute atomic E-state index is 0.825. The van der Waals surface area contributed by atoms with Crippen LogP contribution in [0.15, 0.2) is 24.3 Å². The van der Waals surface area contributed by atoms with Gasteiger partial charge in [0.15, 0.2) is 6.67 Å². The fraction of sp³-hybridized carbons (Fsp3) is 0.417. The number of carbonyl (C=O) groups is 1. The number of hydrogen-bond donors (Lipinski definition) is 2. The summed E-state index contributed by atoms with van der Waals surface area (Å²) in [4.78, 5) is 11.3. The first-order valence-corrected chi connectivity index (χ1v) is 5.43. The van der Waals surface area contributed by atoms with Crippen molar-refractivity contribution in [2.24, 2.45) is 0 Å². The van der Waals surface area contributed by atoms with E-state index in [0.717, 1.165) is 18.8 Å². The Hall–Kier alpha value is -1.78. The highest BCUT2D eigenvalue weighted by Crippen LogP contribution is 2.15. The van der Waals surface area contributed by atoms with Crippen LogP contribution in [0.2, 0.25) is 0 Å². The quantitative estimate of drug-likeness (QED) is 0.794. The largest absolute Gasteiger partial charge is 0.479 e. The number of rotatable bonds is 4. The van der Waals surface area contributed by atoms with Crippen LogP contribution >= 0.6 is 0 Å². The Morgan fingerprint density at radius 3 is 2.00 bits per heavy atom. The van der Waals surface area contributed by atoms with Gasteiger partial charge in [-0.15, -0.1) is 0 Å². The summed E-state index contributed by atoms with van der Waals surface area (Å²) in [6.07, 6.45) is 0. The summed E-state index contributed by atoms with van der Waals surface area (Å²) in [5.74, 6) is -1.41. The molecule has 1 aromatic carbocycles. The van der Waals surface area contributed by atoms with Crippen LogP contribution in [-0.2, 0) is 4.79 Å². The van der Waals surface area contributed by atoms with Gasteiger partial charge in [0.05, 0.1) is 0 Å². The van der Waals surface area contributed by atoms with Gasteiger partial charge in [-0.3, -0.25) is 0 Å². The maximum Gasteiger partial charge on any atom is 0.335 e. The third-order valence-electron chi connectivity index (χ3n) is 2.14. The molecule has 1 aromatic rings. The Kier molecular flexibility index (Phi) is 7.50. The van der Waals surface area contributed by atoms with Crippen LogP contribution in [0.1, 0.15) is 13.8 Å². The summed E-state index contributed by atoms with van der Waals surface area (Å²) in [5, 5.41) is 7.35. The van der Waals surface area contributed by atoms with Crippen LogP contribution in [0.3, 0.4) is 0 Å². The molecule has 0 aliphatic rings. The van der Waals surface area contributed by atoms with Gasteiger partial charge in [0.25, 0.3) is 0 Å². The fourth-order valence-corrected chi connectivity index (χ4v) is 1.27. The number of nitrogens with zero attached hydrogens (tertiary/aromatic N) is 1. The lowest BCUT2D eigenvalue weighted by atomic mass is 10.2. The Morgan fingerprint density at radius 1 is 1.29 bits per heavy atom. The van der Waals surface area contributed by atoms with Gasteiger partial charge < -0.3 is 15.7 Å². The number of carboxylic acids is 1. The number of nitrogen functional groups attached to an aromatic ring is 1. The van der Waals surface area contributed by atoms with Crippen molar-refractivity contribution in [2.45, 2.75) is 13.8 Å². The van der Waals surface area contributed by atoms with Crippen LogP contribution < -0.4 is 10.6 Å². The second-order valence-corrected chi connectivity index (χ2v) is 3.29. The third kappa shape index (κ3) is 6.40. The number of aliphatic carboxylic acids is 1. The average molecular weight is 242 g/mol. The predicted octanol–water partition coefficient (Wildman–Crippen LogP) is 2.16. The van der Waals surface area contributed by atoms with E-state index in [-0.39, 0.29) is 0 Å². The molecule has 0 fully saturated rings. The van der Waals surface area contributed by atoms with Crippen molar-refractivity contribution in [3.8, 4) is 0 Å². The molecule has 0 spiro atoms. The lowest BCUT2D eigenvalue weighted by molar-refractivity contribution is -0.137. The zero-order chi connectivity index (χ0) is 13.3. The van der Waals surface area contributed by atoms with Crippen molar-refractivity contribution >= 4 is 17.3 Å². The van der Waals surface area contributed by atoms with Crippen LogP contribution in [0, 0.1) is 0 Å². The molecule has 0 saturated carbocycles. The lowest BCUT2D eigenvalue weighted by Crippen LogP contribution is -2.21. The van der Waals surface area contributed by atoms with Crippen molar-refractivity contribution in [3.05, 3.63) is 24.3 Å². The Morgan fingerprint density at radius 2 is 1.71 bits per heavy atom. The molecule has 0 amide bonds. The zero-order valence-corrected chi connectivity index (χ0v) is 10.2. The van der Waals surface area contributed by atoms with E-state index < -0.39 is 12.6 Å². The van der Waals surface area contributed by atoms with Crippen molar-refractivity contribution in [3.63, 3.8) is 0 Å². The highest BCUT2D eigenvalue weighted by Gasteiger charge is 1.99. The van der Waals surface area contributed by atoms with E-state index in [1.165, 1.54) is 5.69 Å². The van der Waals surface area contributed by atoms with Gasteiger partial charge in [-0.2, -0.15) is 0 Å². The molecule has 0 unspecified atom stereocenters. The standard InChI is InChI=1S/C10H16N2.C2H3FO2/c1-3-12(4-2)10-7-5-9(11)6-8-10;3-1-2(4)5/h5-8H,3-4,11H2,1-2H3;1H2,(H,4,5). The molecule has 0 heterocycles. The van der Waals surface area contributed by atoms with Crippen LogP contribution in [-0.4, -0.2) is 30.8 Å². The second kappa shape index (κ2) is 8.38. The molecule has 0 bridgehead atoms. The molecule has 17 heavy (non-hydrogen) atoms. The fourth-order valence-electron chi connectivity index (χ4n) is 1.27. The minimum Gasteiger partial charge on any atom is -0.479 e. The summed E-state index contributed by atoms with van der Waals surface area (Å²) in [6, 6.07) is 7.99. The molecular formula is C12H19FN2O2. The molecule has 1 rings (SSSR count). The van der Waals surface area contributed by atoms with Gasteiger partial charge >= 0.3 is 5.97 Å². The van der Waals surface area contributed by atoms with E-state index in [0.29, 0.717) is 0 Å². The van der Waals surface area contributed by atoms with E-state index >= 15 is 0 Å². The van der Waals surface area contributed by atoms with E-state index in [4.69, 9.17) is 15.6 Å². The number of halogens is 1. The summed E-state index contributed by atoms with van der Waals surface area (Å²) in [7, 11) is 0. The molecule has 0 aromatic heterocycles. The number of alkyl halides is 1. The molecule has 0 radical (unpaired) electrons. The van der Waals surface area contributed by atoms with Crippen molar-refractivity contribution < 1.29 is 14.3 Å². The van der Waals surface area contributed by atoms with Gasteiger partial charge in [-0.25, -0.2) is 9.18 Å². The van der Waals surface area contributed by atoms with Crippen molar-refractivity contribution in [1.82, 2.24) is 0 Å². The van der Waals surface area contributed by atoms with Gasteiger partial charge in [0.2, 0.25) is 0 Å². The van der Waals surface area contributed by atoms with E-state index in [1.807, 2.05) is 12.1 Å². The van der Waals surface area contributed by atoms with E-state index in [2.05, 4.69) is 30.9 Å². The van der Waals surface area contributed by atoms with Crippen molar-refractivity contribution in [1.29, 1.82) is 0 Å². The summed E-state index contributed by atoms with van der Waals surface area (Å²) >= 11 is 0. The van der Waals surface area contributed by atoms with E-state index in [1.54, 1.807) is 0 Å². The van der Waals surface area contributed by atoms with Crippen LogP contribution in [0.4, 0.5) is 15.8 Å². The maximum absolute atomic E-state index is 10.5. The normalized spacial score (nSPS) is 9.12. The van der Waals surface area contributed by atoms with Gasteiger partial charge in [0, 0.05) is 24.5 Å². The summed E-state index contributed by atoms with van der Waals surface area (Å²) < 4.78 is 10.5. The summed E-state index contributed by atoms with van der Waals surface area (Å²) in [5.41, 5.74) is 7.66. The Bertz CT molecular complexity index is 324. The monoisotopic (exact) mass is 242 g/mol. The SMILES string of the molecule is CCN(CC)c1ccc(N)cc1.O=C(O)CF. The van der Waals surface area contributed by atoms with Crippen molar-refractivity contribution in [2.75, 3.05) is 30.4 Å². The van der Waals surface area contributed by atoms with Gasteiger partial charge in [0.1, 0.15) is 0 Å². The highest BCUT2D eigenvalue weighted by atomic mass is 19.1. The molecule has 0 aliphatic heterocycles. The van der Waals surface area contributed by atoms with Crippen LogP contribution in [0.25, 0.3) is 0 Å². The smallest absolute Gasteiger partial charge is 0.335 e. The second-order valence-electron chi connectivity index (χ2n) is 3.29. The van der Waals surface area contributed by atoms with Gasteiger partial charge in [-0.1, -0.05) is 0 Å². The zero-order valence-electron chi connectivity index (χ0n) is 10.2. The lowest BCUT2D eigenvalue weighted by Gasteiger charge is -2.20. The maximum atomic E-state index is 10.5.